The molecular weight excluding hydrogens is 448 g/mol. The van der Waals surface area contributed by atoms with E-state index in [0.717, 1.165) is 5.56 Å². The molecule has 35 heavy (non-hydrogen) atoms. The maximum Gasteiger partial charge on any atom is 0.276 e. The number of hydrogen-bond acceptors (Lipinski definition) is 7. The first-order valence-corrected chi connectivity index (χ1v) is 11.9. The van der Waals surface area contributed by atoms with E-state index < -0.39 is 0 Å². The Morgan fingerprint density at radius 1 is 1.14 bits per heavy atom. The lowest BCUT2D eigenvalue weighted by molar-refractivity contribution is -0.125. The number of methoxy groups -OCH3 is 1. The molecule has 1 amide bonds. The van der Waals surface area contributed by atoms with E-state index in [4.69, 9.17) is 14.3 Å². The van der Waals surface area contributed by atoms with Crippen LogP contribution in [0.5, 0.6) is 11.6 Å². The van der Waals surface area contributed by atoms with E-state index in [0.29, 0.717) is 17.0 Å². The Labute approximate surface area is 207 Å². The molecule has 0 unspecified atom stereocenters. The molecule has 192 valence electrons. The largest absolute Gasteiger partial charge is 0.496 e. The van der Waals surface area contributed by atoms with E-state index in [9.17, 15) is 9.59 Å². The zero-order chi connectivity index (χ0) is 26.1. The highest BCUT2D eigenvalue weighted by Gasteiger charge is 2.22. The molecule has 9 nitrogen and oxygen atoms in total. The fraction of sp³-hybridized carbons (Fsp3) is 0.538. The smallest absolute Gasteiger partial charge is 0.276 e. The van der Waals surface area contributed by atoms with Gasteiger partial charge in [0.05, 0.1) is 31.0 Å². The number of carbonyl (C=O) groups excluding carboxylic acids is 1. The quantitative estimate of drug-likeness (QED) is 0.362. The van der Waals surface area contributed by atoms with Crippen LogP contribution in [-0.4, -0.2) is 40.7 Å². The zero-order valence-corrected chi connectivity index (χ0v) is 22.0. The summed E-state index contributed by atoms with van der Waals surface area (Å²) in [6, 6.07) is 8.79. The highest BCUT2D eigenvalue weighted by Crippen LogP contribution is 2.19. The Hall–Kier alpha value is -3.36. The van der Waals surface area contributed by atoms with Gasteiger partial charge in [-0.1, -0.05) is 51.0 Å². The Kier molecular flexibility index (Phi) is 10.3. The minimum Gasteiger partial charge on any atom is -0.496 e. The SMILES string of the molecule is COc1ccccc1COc1cc(/C(C)=N/OC(C)C)c(=O)n(C[C@@H](NC(=O)C(C)C)C(C)C)n1. The second-order valence-electron chi connectivity index (χ2n) is 9.33. The number of benzene rings is 1. The summed E-state index contributed by atoms with van der Waals surface area (Å²) in [6.07, 6.45) is -0.133. The van der Waals surface area contributed by atoms with Gasteiger partial charge in [-0.25, -0.2) is 4.68 Å². The predicted molar refractivity (Wildman–Crippen MR) is 136 cm³/mol. The van der Waals surface area contributed by atoms with Gasteiger partial charge in [0.2, 0.25) is 11.8 Å². The van der Waals surface area contributed by atoms with E-state index in [1.165, 1.54) is 4.68 Å². The van der Waals surface area contributed by atoms with Gasteiger partial charge < -0.3 is 19.6 Å². The summed E-state index contributed by atoms with van der Waals surface area (Å²) >= 11 is 0. The van der Waals surface area contributed by atoms with Gasteiger partial charge in [0.15, 0.2) is 0 Å². The third-order valence-corrected chi connectivity index (χ3v) is 5.34. The molecule has 1 N–H and O–H groups in total. The molecule has 0 saturated carbocycles. The zero-order valence-electron chi connectivity index (χ0n) is 22.0. The van der Waals surface area contributed by atoms with Crippen molar-refractivity contribution >= 4 is 11.6 Å². The Morgan fingerprint density at radius 3 is 2.43 bits per heavy atom. The van der Waals surface area contributed by atoms with Crippen LogP contribution in [0.15, 0.2) is 40.3 Å². The Bertz CT molecular complexity index is 1080. The molecule has 0 aliphatic rings. The number of ether oxygens (including phenoxy) is 2. The van der Waals surface area contributed by atoms with Crippen molar-refractivity contribution in [1.82, 2.24) is 15.1 Å². The summed E-state index contributed by atoms with van der Waals surface area (Å²) < 4.78 is 12.7. The lowest BCUT2D eigenvalue weighted by Gasteiger charge is -2.24. The van der Waals surface area contributed by atoms with Gasteiger partial charge in [-0.05, 0) is 32.8 Å². The van der Waals surface area contributed by atoms with Gasteiger partial charge in [0.25, 0.3) is 5.56 Å². The van der Waals surface area contributed by atoms with Gasteiger partial charge in [-0.15, -0.1) is 5.10 Å². The van der Waals surface area contributed by atoms with Gasteiger partial charge in [-0.2, -0.15) is 0 Å². The maximum atomic E-state index is 13.3. The molecule has 1 aromatic carbocycles. The van der Waals surface area contributed by atoms with Crippen LogP contribution in [0.25, 0.3) is 0 Å². The highest BCUT2D eigenvalue weighted by molar-refractivity contribution is 5.98. The molecule has 9 heteroatoms. The van der Waals surface area contributed by atoms with Crippen molar-refractivity contribution in [2.75, 3.05) is 7.11 Å². The summed E-state index contributed by atoms with van der Waals surface area (Å²) in [6.45, 7) is 13.4. The van der Waals surface area contributed by atoms with Crippen LogP contribution < -0.4 is 20.3 Å². The number of aromatic nitrogens is 2. The van der Waals surface area contributed by atoms with E-state index in [1.54, 1.807) is 20.1 Å². The Balaban J connectivity index is 2.45. The van der Waals surface area contributed by atoms with Crippen LogP contribution in [0, 0.1) is 11.8 Å². The molecule has 1 heterocycles. The lowest BCUT2D eigenvalue weighted by atomic mass is 10.0. The molecule has 2 rings (SSSR count). The van der Waals surface area contributed by atoms with Gasteiger partial charge in [-0.3, -0.25) is 9.59 Å². The first-order chi connectivity index (χ1) is 16.5. The van der Waals surface area contributed by atoms with Crippen LogP contribution in [0.3, 0.4) is 0 Å². The van der Waals surface area contributed by atoms with Crippen LogP contribution in [0.4, 0.5) is 0 Å². The number of hydrogen-bond donors (Lipinski definition) is 1. The molecule has 1 atom stereocenters. The second-order valence-corrected chi connectivity index (χ2v) is 9.33. The van der Waals surface area contributed by atoms with Crippen LogP contribution in [-0.2, 0) is 22.8 Å². The van der Waals surface area contributed by atoms with Gasteiger partial charge in [0.1, 0.15) is 18.5 Å². The molecule has 0 spiro atoms. The molecule has 0 aliphatic heterocycles. The third kappa shape index (κ3) is 8.12. The third-order valence-electron chi connectivity index (χ3n) is 5.34. The van der Waals surface area contributed by atoms with Gasteiger partial charge in [0, 0.05) is 17.5 Å². The first-order valence-electron chi connectivity index (χ1n) is 11.9. The number of nitrogens with one attached hydrogen (secondary N) is 1. The monoisotopic (exact) mass is 486 g/mol. The van der Waals surface area contributed by atoms with Crippen molar-refractivity contribution in [3.63, 3.8) is 0 Å². The van der Waals surface area contributed by atoms with Crippen molar-refractivity contribution < 1.29 is 19.1 Å². The molecular formula is C26H38N4O5. The number of oxime groups is 1. The molecule has 0 bridgehead atoms. The van der Waals surface area contributed by atoms with Crippen molar-refractivity contribution in [2.24, 2.45) is 17.0 Å². The van der Waals surface area contributed by atoms with E-state index >= 15 is 0 Å². The number of para-hydroxylation sites is 1. The molecule has 0 aliphatic carbocycles. The number of nitrogens with zero attached hydrogens (tertiary/aromatic N) is 3. The normalized spacial score (nSPS) is 12.7. The van der Waals surface area contributed by atoms with Crippen LogP contribution in [0.1, 0.15) is 59.6 Å². The second kappa shape index (κ2) is 12.9. The highest BCUT2D eigenvalue weighted by atomic mass is 16.6. The van der Waals surface area contributed by atoms with Crippen LogP contribution >= 0.6 is 0 Å². The van der Waals surface area contributed by atoms with Crippen LogP contribution in [0.2, 0.25) is 0 Å². The fourth-order valence-corrected chi connectivity index (χ4v) is 3.14. The average Bonchev–Trinajstić information content (AvgIpc) is 2.82. The predicted octanol–water partition coefficient (Wildman–Crippen LogP) is 3.78. The van der Waals surface area contributed by atoms with E-state index in [2.05, 4.69) is 15.6 Å². The topological polar surface area (TPSA) is 104 Å². The van der Waals surface area contributed by atoms with E-state index in [-0.39, 0.29) is 54.5 Å². The first kappa shape index (κ1) is 27.9. The minimum absolute atomic E-state index is 0.0760. The Morgan fingerprint density at radius 2 is 1.83 bits per heavy atom. The number of carbonyl (C=O) groups is 1. The number of amides is 1. The van der Waals surface area contributed by atoms with Crippen molar-refractivity contribution in [2.45, 2.75) is 73.8 Å². The van der Waals surface area contributed by atoms with Crippen molar-refractivity contribution in [3.8, 4) is 11.6 Å². The standard InChI is InChI=1S/C26H38N4O5/c1-16(2)22(27-25(31)17(3)4)14-30-26(32)21(19(7)29-35-18(5)6)13-24(28-30)34-15-20-11-9-10-12-23(20)33-8/h9-13,16-18,22H,14-15H2,1-8H3,(H,27,31)/b29-19+/t22-/m1/s1. The molecule has 0 saturated heterocycles. The maximum absolute atomic E-state index is 13.3. The summed E-state index contributed by atoms with van der Waals surface area (Å²) in [4.78, 5) is 31.0. The molecule has 0 fully saturated rings. The lowest BCUT2D eigenvalue weighted by Crippen LogP contribution is -2.45. The summed E-state index contributed by atoms with van der Waals surface area (Å²) in [7, 11) is 1.60. The molecule has 2 aromatic rings. The summed E-state index contributed by atoms with van der Waals surface area (Å²) in [5, 5.41) is 11.6. The van der Waals surface area contributed by atoms with Gasteiger partial charge >= 0.3 is 0 Å². The summed E-state index contributed by atoms with van der Waals surface area (Å²) in [5.41, 5.74) is 1.23. The molecule has 1 aromatic heterocycles. The number of rotatable bonds is 12. The van der Waals surface area contributed by atoms with E-state index in [1.807, 2.05) is 65.8 Å². The van der Waals surface area contributed by atoms with Crippen molar-refractivity contribution in [1.29, 1.82) is 0 Å². The van der Waals surface area contributed by atoms with Crippen molar-refractivity contribution in [3.05, 3.63) is 51.8 Å². The minimum atomic E-state index is -0.340. The molecule has 0 radical (unpaired) electrons. The average molecular weight is 487 g/mol. The summed E-state index contributed by atoms with van der Waals surface area (Å²) in [5.74, 6) is 0.771. The fourth-order valence-electron chi connectivity index (χ4n) is 3.14.